The fourth-order valence-electron chi connectivity index (χ4n) is 1.48. The highest BCUT2D eigenvalue weighted by Gasteiger charge is 2.14. The van der Waals surface area contributed by atoms with Gasteiger partial charge in [0.05, 0.1) is 19.2 Å². The molecule has 0 radical (unpaired) electrons. The summed E-state index contributed by atoms with van der Waals surface area (Å²) in [5.41, 5.74) is 6.69. The molecule has 1 rings (SSSR count). The Bertz CT molecular complexity index is 362. The van der Waals surface area contributed by atoms with Crippen molar-refractivity contribution in [2.75, 3.05) is 7.11 Å². The van der Waals surface area contributed by atoms with Crippen LogP contribution < -0.4 is 15.8 Å². The number of nitrogens with two attached hydrogens (primary N) is 1. The van der Waals surface area contributed by atoms with Gasteiger partial charge in [-0.25, -0.2) is 0 Å². The average Bonchev–Trinajstić information content (AvgIpc) is 2.37. The van der Waals surface area contributed by atoms with Gasteiger partial charge in [-0.3, -0.25) is 4.79 Å². The molecule has 4 nitrogen and oxygen atoms in total. The standard InChI is InChI=1S/C13H20N2O2/c1-4-12(14)13(16)15-9(2)10-5-7-11(17-3)8-6-10/h5-9,12H,4,14H2,1-3H3,(H,15,16)/t9-,12-/m1/s1. The molecule has 3 N–H and O–H groups in total. The second-order valence-corrected chi connectivity index (χ2v) is 4.02. The van der Waals surface area contributed by atoms with E-state index in [1.54, 1.807) is 7.11 Å². The Morgan fingerprint density at radius 1 is 1.41 bits per heavy atom. The van der Waals surface area contributed by atoms with Crippen molar-refractivity contribution in [1.82, 2.24) is 5.32 Å². The molecule has 2 atom stereocenters. The average molecular weight is 236 g/mol. The van der Waals surface area contributed by atoms with E-state index in [1.165, 1.54) is 0 Å². The first kappa shape index (κ1) is 13.5. The third-order valence-electron chi connectivity index (χ3n) is 2.75. The van der Waals surface area contributed by atoms with Crippen LogP contribution in [0.5, 0.6) is 5.75 Å². The predicted molar refractivity (Wildman–Crippen MR) is 67.8 cm³/mol. The molecule has 0 aromatic heterocycles. The SMILES string of the molecule is CC[C@@H](N)C(=O)N[C@H](C)c1ccc(OC)cc1. The number of benzene rings is 1. The molecule has 4 heteroatoms. The Balaban J connectivity index is 2.63. The van der Waals surface area contributed by atoms with Gasteiger partial charge in [-0.15, -0.1) is 0 Å². The first-order valence-corrected chi connectivity index (χ1v) is 5.78. The lowest BCUT2D eigenvalue weighted by molar-refractivity contribution is -0.123. The van der Waals surface area contributed by atoms with Crippen molar-refractivity contribution >= 4 is 5.91 Å². The Morgan fingerprint density at radius 3 is 2.47 bits per heavy atom. The van der Waals surface area contributed by atoms with E-state index < -0.39 is 6.04 Å². The zero-order chi connectivity index (χ0) is 12.8. The quantitative estimate of drug-likeness (QED) is 0.816. The van der Waals surface area contributed by atoms with Gasteiger partial charge in [0.2, 0.25) is 5.91 Å². The molecule has 0 saturated heterocycles. The van der Waals surface area contributed by atoms with Crippen LogP contribution in [-0.4, -0.2) is 19.1 Å². The van der Waals surface area contributed by atoms with Gasteiger partial charge in [-0.05, 0) is 31.0 Å². The first-order valence-electron chi connectivity index (χ1n) is 5.78. The van der Waals surface area contributed by atoms with Crippen LogP contribution in [0.3, 0.4) is 0 Å². The molecule has 0 aliphatic heterocycles. The molecule has 1 aromatic carbocycles. The van der Waals surface area contributed by atoms with Crippen LogP contribution in [0.4, 0.5) is 0 Å². The summed E-state index contributed by atoms with van der Waals surface area (Å²) in [7, 11) is 1.63. The Hall–Kier alpha value is -1.55. The van der Waals surface area contributed by atoms with E-state index in [9.17, 15) is 4.79 Å². The van der Waals surface area contributed by atoms with E-state index in [2.05, 4.69) is 5.32 Å². The van der Waals surface area contributed by atoms with Crippen LogP contribution in [0.25, 0.3) is 0 Å². The Labute approximate surface area is 102 Å². The first-order chi connectivity index (χ1) is 8.08. The maximum atomic E-state index is 11.6. The number of ether oxygens (including phenoxy) is 1. The summed E-state index contributed by atoms with van der Waals surface area (Å²) < 4.78 is 5.08. The second kappa shape index (κ2) is 6.25. The van der Waals surface area contributed by atoms with Gasteiger partial charge in [0.25, 0.3) is 0 Å². The summed E-state index contributed by atoms with van der Waals surface area (Å²) in [5, 5.41) is 2.88. The number of rotatable bonds is 5. The summed E-state index contributed by atoms with van der Waals surface area (Å²) in [6.07, 6.45) is 0.640. The molecule has 1 aromatic rings. The number of hydrogen-bond acceptors (Lipinski definition) is 3. The van der Waals surface area contributed by atoms with Gasteiger partial charge < -0.3 is 15.8 Å². The lowest BCUT2D eigenvalue weighted by atomic mass is 10.1. The van der Waals surface area contributed by atoms with Crippen LogP contribution in [0.1, 0.15) is 31.9 Å². The van der Waals surface area contributed by atoms with E-state index in [4.69, 9.17) is 10.5 Å². The van der Waals surface area contributed by atoms with Gasteiger partial charge in [0, 0.05) is 0 Å². The third kappa shape index (κ3) is 3.75. The maximum Gasteiger partial charge on any atom is 0.237 e. The number of methoxy groups -OCH3 is 1. The van der Waals surface area contributed by atoms with Crippen molar-refractivity contribution in [3.8, 4) is 5.75 Å². The summed E-state index contributed by atoms with van der Waals surface area (Å²) in [6, 6.07) is 7.12. The summed E-state index contributed by atoms with van der Waals surface area (Å²) >= 11 is 0. The van der Waals surface area contributed by atoms with Crippen molar-refractivity contribution in [3.63, 3.8) is 0 Å². The number of nitrogens with one attached hydrogen (secondary N) is 1. The number of hydrogen-bond donors (Lipinski definition) is 2. The second-order valence-electron chi connectivity index (χ2n) is 4.02. The molecule has 0 unspecified atom stereocenters. The lowest BCUT2D eigenvalue weighted by Gasteiger charge is -2.17. The molecular formula is C13H20N2O2. The molecule has 0 bridgehead atoms. The van der Waals surface area contributed by atoms with Crippen molar-refractivity contribution in [2.45, 2.75) is 32.4 Å². The molecule has 0 fully saturated rings. The maximum absolute atomic E-state index is 11.6. The smallest absolute Gasteiger partial charge is 0.237 e. The normalized spacial score (nSPS) is 13.9. The molecule has 0 aliphatic carbocycles. The third-order valence-corrected chi connectivity index (χ3v) is 2.75. The van der Waals surface area contributed by atoms with E-state index in [1.807, 2.05) is 38.1 Å². The summed E-state index contributed by atoms with van der Waals surface area (Å²) in [5.74, 6) is 0.688. The van der Waals surface area contributed by atoms with Crippen molar-refractivity contribution in [3.05, 3.63) is 29.8 Å². The summed E-state index contributed by atoms with van der Waals surface area (Å²) in [4.78, 5) is 11.6. The minimum atomic E-state index is -0.435. The minimum absolute atomic E-state index is 0.0500. The molecular weight excluding hydrogens is 216 g/mol. The van der Waals surface area contributed by atoms with Gasteiger partial charge in [0.1, 0.15) is 5.75 Å². The van der Waals surface area contributed by atoms with Crippen molar-refractivity contribution in [1.29, 1.82) is 0 Å². The molecule has 17 heavy (non-hydrogen) atoms. The fourth-order valence-corrected chi connectivity index (χ4v) is 1.48. The van der Waals surface area contributed by atoms with Crippen LogP contribution in [-0.2, 0) is 4.79 Å². The highest BCUT2D eigenvalue weighted by atomic mass is 16.5. The molecule has 0 aliphatic rings. The molecule has 0 heterocycles. The fraction of sp³-hybridized carbons (Fsp3) is 0.462. The van der Waals surface area contributed by atoms with Gasteiger partial charge >= 0.3 is 0 Å². The van der Waals surface area contributed by atoms with Crippen molar-refractivity contribution in [2.24, 2.45) is 5.73 Å². The molecule has 94 valence electrons. The van der Waals surface area contributed by atoms with Crippen molar-refractivity contribution < 1.29 is 9.53 Å². The van der Waals surface area contributed by atoms with Crippen LogP contribution in [0.15, 0.2) is 24.3 Å². The van der Waals surface area contributed by atoms with E-state index >= 15 is 0 Å². The Morgan fingerprint density at radius 2 is 2.00 bits per heavy atom. The zero-order valence-corrected chi connectivity index (χ0v) is 10.6. The highest BCUT2D eigenvalue weighted by Crippen LogP contribution is 2.17. The van der Waals surface area contributed by atoms with E-state index in [-0.39, 0.29) is 11.9 Å². The highest BCUT2D eigenvalue weighted by molar-refractivity contribution is 5.81. The number of amides is 1. The molecule has 0 spiro atoms. The topological polar surface area (TPSA) is 64.4 Å². The molecule has 1 amide bonds. The zero-order valence-electron chi connectivity index (χ0n) is 10.6. The monoisotopic (exact) mass is 236 g/mol. The van der Waals surface area contributed by atoms with Crippen LogP contribution in [0.2, 0.25) is 0 Å². The lowest BCUT2D eigenvalue weighted by Crippen LogP contribution is -2.41. The van der Waals surface area contributed by atoms with Crippen LogP contribution in [0, 0.1) is 0 Å². The molecule has 0 saturated carbocycles. The van der Waals surface area contributed by atoms with Gasteiger partial charge in [0.15, 0.2) is 0 Å². The number of carbonyl (C=O) groups excluding carboxylic acids is 1. The predicted octanol–water partition coefficient (Wildman–Crippen LogP) is 1.61. The largest absolute Gasteiger partial charge is 0.497 e. The van der Waals surface area contributed by atoms with Gasteiger partial charge in [-0.2, -0.15) is 0 Å². The van der Waals surface area contributed by atoms with Crippen LogP contribution >= 0.6 is 0 Å². The minimum Gasteiger partial charge on any atom is -0.497 e. The summed E-state index contributed by atoms with van der Waals surface area (Å²) in [6.45, 7) is 3.82. The van der Waals surface area contributed by atoms with Gasteiger partial charge in [-0.1, -0.05) is 19.1 Å². The Kier molecular flexibility index (Phi) is 4.97. The van der Waals surface area contributed by atoms with E-state index in [0.29, 0.717) is 6.42 Å². The van der Waals surface area contributed by atoms with E-state index in [0.717, 1.165) is 11.3 Å². The number of carbonyl (C=O) groups is 1.